The molecule has 0 aliphatic carbocycles. The summed E-state index contributed by atoms with van der Waals surface area (Å²) in [7, 11) is 0. The molecule has 0 spiro atoms. The zero-order valence-electron chi connectivity index (χ0n) is 18.6. The summed E-state index contributed by atoms with van der Waals surface area (Å²) in [5.74, 6) is -1.44. The molecule has 2 heterocycles. The summed E-state index contributed by atoms with van der Waals surface area (Å²) >= 11 is 0. The van der Waals surface area contributed by atoms with Crippen LogP contribution in [0, 0.1) is 18.6 Å². The first kappa shape index (κ1) is 23.3. The SMILES string of the molecule is Cc1ccnc(C[C@H](CCO)NC(=O)c2cccc(F)c2-c2cc(-c3ccc(F)cc3)[nH]n2)c1. The standard InChI is InChI=1S/C26H24F2N4O2/c1-16-9-11-29-20(13-16)14-19(10-12-33)30-26(34)21-3-2-4-22(28)25(21)24-15-23(31-32-24)17-5-7-18(27)8-6-17/h2-9,11,13,15,19,33H,10,12,14H2,1H3,(H,30,34)(H,31,32)/t19-/m0/s1. The Bertz CT molecular complexity index is 1290. The lowest BCUT2D eigenvalue weighted by Gasteiger charge is -2.19. The Balaban J connectivity index is 1.60. The van der Waals surface area contributed by atoms with E-state index in [1.54, 1.807) is 24.4 Å². The number of H-pyrrole nitrogens is 1. The number of aromatic nitrogens is 3. The summed E-state index contributed by atoms with van der Waals surface area (Å²) in [6.07, 6.45) is 2.45. The van der Waals surface area contributed by atoms with Crippen molar-refractivity contribution in [2.75, 3.05) is 6.61 Å². The molecule has 34 heavy (non-hydrogen) atoms. The number of benzene rings is 2. The normalized spacial score (nSPS) is 11.9. The van der Waals surface area contributed by atoms with Crippen molar-refractivity contribution < 1.29 is 18.7 Å². The number of nitrogens with zero attached hydrogens (tertiary/aromatic N) is 2. The number of carbonyl (C=O) groups is 1. The third-order valence-electron chi connectivity index (χ3n) is 5.49. The van der Waals surface area contributed by atoms with Crippen molar-refractivity contribution in [3.8, 4) is 22.5 Å². The van der Waals surface area contributed by atoms with Crippen LogP contribution in [0.4, 0.5) is 8.78 Å². The van der Waals surface area contributed by atoms with E-state index in [2.05, 4.69) is 20.5 Å². The fourth-order valence-electron chi connectivity index (χ4n) is 3.81. The maximum Gasteiger partial charge on any atom is 0.252 e. The van der Waals surface area contributed by atoms with Crippen molar-refractivity contribution in [3.05, 3.63) is 95.3 Å². The van der Waals surface area contributed by atoms with E-state index in [0.29, 0.717) is 24.1 Å². The van der Waals surface area contributed by atoms with Gasteiger partial charge in [-0.25, -0.2) is 8.78 Å². The van der Waals surface area contributed by atoms with Gasteiger partial charge in [-0.1, -0.05) is 6.07 Å². The second-order valence-electron chi connectivity index (χ2n) is 8.05. The van der Waals surface area contributed by atoms with Crippen molar-refractivity contribution in [3.63, 3.8) is 0 Å². The number of halogens is 2. The Morgan fingerprint density at radius 3 is 2.65 bits per heavy atom. The second-order valence-corrected chi connectivity index (χ2v) is 8.05. The molecule has 2 aromatic carbocycles. The fraction of sp³-hybridized carbons (Fsp3) is 0.192. The molecule has 0 fully saturated rings. The number of pyridine rings is 1. The van der Waals surface area contributed by atoms with Gasteiger partial charge in [-0.15, -0.1) is 0 Å². The van der Waals surface area contributed by atoms with Gasteiger partial charge in [0.05, 0.1) is 22.5 Å². The van der Waals surface area contributed by atoms with Gasteiger partial charge < -0.3 is 10.4 Å². The Hall–Kier alpha value is -3.91. The number of hydrogen-bond donors (Lipinski definition) is 3. The van der Waals surface area contributed by atoms with Crippen LogP contribution in [0.2, 0.25) is 0 Å². The van der Waals surface area contributed by atoms with Gasteiger partial charge in [-0.2, -0.15) is 5.10 Å². The van der Waals surface area contributed by atoms with E-state index in [1.165, 1.54) is 30.3 Å². The molecule has 0 bridgehead atoms. The summed E-state index contributed by atoms with van der Waals surface area (Å²) in [5.41, 5.74) is 3.50. The molecule has 0 saturated carbocycles. The highest BCUT2D eigenvalue weighted by atomic mass is 19.1. The summed E-state index contributed by atoms with van der Waals surface area (Å²) in [6, 6.07) is 15.1. The van der Waals surface area contributed by atoms with Crippen LogP contribution in [-0.2, 0) is 6.42 Å². The number of aromatic amines is 1. The minimum atomic E-state index is -0.594. The Kier molecular flexibility index (Phi) is 7.08. The molecule has 0 radical (unpaired) electrons. The third-order valence-corrected chi connectivity index (χ3v) is 5.49. The van der Waals surface area contributed by atoms with Crippen molar-refractivity contribution >= 4 is 5.91 Å². The van der Waals surface area contributed by atoms with Crippen LogP contribution in [0.1, 0.15) is 28.0 Å². The van der Waals surface area contributed by atoms with Crippen molar-refractivity contribution in [1.82, 2.24) is 20.5 Å². The zero-order chi connectivity index (χ0) is 24.1. The van der Waals surface area contributed by atoms with Gasteiger partial charge in [0, 0.05) is 31.0 Å². The van der Waals surface area contributed by atoms with Crippen molar-refractivity contribution in [2.24, 2.45) is 0 Å². The fourth-order valence-corrected chi connectivity index (χ4v) is 3.81. The number of amides is 1. The molecule has 6 nitrogen and oxygen atoms in total. The number of aryl methyl sites for hydroxylation is 1. The first-order valence-electron chi connectivity index (χ1n) is 10.9. The summed E-state index contributed by atoms with van der Waals surface area (Å²) in [4.78, 5) is 17.5. The average molecular weight is 463 g/mol. The number of carbonyl (C=O) groups excluding carboxylic acids is 1. The van der Waals surface area contributed by atoms with Gasteiger partial charge in [0.2, 0.25) is 0 Å². The van der Waals surface area contributed by atoms with Crippen LogP contribution in [-0.4, -0.2) is 38.8 Å². The number of aliphatic hydroxyl groups excluding tert-OH is 1. The topological polar surface area (TPSA) is 90.9 Å². The second kappa shape index (κ2) is 10.4. The van der Waals surface area contributed by atoms with Gasteiger partial charge in [0.25, 0.3) is 5.91 Å². The lowest BCUT2D eigenvalue weighted by molar-refractivity contribution is 0.0930. The van der Waals surface area contributed by atoms with E-state index in [1.807, 2.05) is 19.1 Å². The average Bonchev–Trinajstić information content (AvgIpc) is 3.29. The molecule has 0 aliphatic rings. The van der Waals surface area contributed by atoms with E-state index in [9.17, 15) is 18.7 Å². The molecule has 2 aromatic heterocycles. The van der Waals surface area contributed by atoms with Crippen molar-refractivity contribution in [1.29, 1.82) is 0 Å². The van der Waals surface area contributed by atoms with Crippen LogP contribution >= 0.6 is 0 Å². The molecule has 174 valence electrons. The molecular weight excluding hydrogens is 438 g/mol. The highest BCUT2D eigenvalue weighted by Gasteiger charge is 2.22. The van der Waals surface area contributed by atoms with Crippen LogP contribution in [0.15, 0.2) is 66.9 Å². The molecule has 1 atom stereocenters. The monoisotopic (exact) mass is 462 g/mol. The predicted octanol–water partition coefficient (Wildman–Crippen LogP) is 4.45. The largest absolute Gasteiger partial charge is 0.396 e. The highest BCUT2D eigenvalue weighted by molar-refractivity contribution is 6.01. The number of nitrogens with one attached hydrogen (secondary N) is 2. The van der Waals surface area contributed by atoms with Crippen LogP contribution in [0.25, 0.3) is 22.5 Å². The quantitative estimate of drug-likeness (QED) is 0.361. The Morgan fingerprint density at radius 2 is 1.91 bits per heavy atom. The van der Waals surface area contributed by atoms with Gasteiger partial charge in [-0.3, -0.25) is 14.9 Å². The highest BCUT2D eigenvalue weighted by Crippen LogP contribution is 2.29. The first-order valence-corrected chi connectivity index (χ1v) is 10.9. The van der Waals surface area contributed by atoms with Gasteiger partial charge in [0.1, 0.15) is 11.6 Å². The lowest BCUT2D eigenvalue weighted by atomic mass is 10.0. The molecule has 8 heteroatoms. The van der Waals surface area contributed by atoms with Crippen molar-refractivity contribution in [2.45, 2.75) is 25.8 Å². The maximum atomic E-state index is 14.9. The minimum absolute atomic E-state index is 0.0565. The van der Waals surface area contributed by atoms with E-state index < -0.39 is 17.8 Å². The van der Waals surface area contributed by atoms with Crippen LogP contribution in [0.5, 0.6) is 0 Å². The maximum absolute atomic E-state index is 14.9. The molecule has 4 rings (SSSR count). The van der Waals surface area contributed by atoms with Crippen LogP contribution in [0.3, 0.4) is 0 Å². The van der Waals surface area contributed by atoms with Crippen LogP contribution < -0.4 is 5.32 Å². The number of hydrogen-bond acceptors (Lipinski definition) is 4. The summed E-state index contributed by atoms with van der Waals surface area (Å²) < 4.78 is 28.1. The minimum Gasteiger partial charge on any atom is -0.396 e. The number of rotatable bonds is 8. The first-order chi connectivity index (χ1) is 16.4. The molecule has 4 aromatic rings. The summed E-state index contributed by atoms with van der Waals surface area (Å²) in [6.45, 7) is 1.83. The van der Waals surface area contributed by atoms with Gasteiger partial charge in [-0.05, 0) is 79.1 Å². The van der Waals surface area contributed by atoms with E-state index in [-0.39, 0.29) is 29.2 Å². The van der Waals surface area contributed by atoms with Gasteiger partial charge >= 0.3 is 0 Å². The van der Waals surface area contributed by atoms with E-state index in [4.69, 9.17) is 0 Å². The molecule has 1 amide bonds. The molecule has 0 unspecified atom stereocenters. The smallest absolute Gasteiger partial charge is 0.252 e. The molecule has 0 saturated heterocycles. The summed E-state index contributed by atoms with van der Waals surface area (Å²) in [5, 5.41) is 19.4. The zero-order valence-corrected chi connectivity index (χ0v) is 18.6. The van der Waals surface area contributed by atoms with Gasteiger partial charge in [0.15, 0.2) is 0 Å². The lowest BCUT2D eigenvalue weighted by Crippen LogP contribution is -2.37. The predicted molar refractivity (Wildman–Crippen MR) is 125 cm³/mol. The molecule has 0 aliphatic heterocycles. The molecular formula is C26H24F2N4O2. The Labute approximate surface area is 195 Å². The van der Waals surface area contributed by atoms with E-state index >= 15 is 0 Å². The number of aliphatic hydroxyl groups is 1. The third kappa shape index (κ3) is 5.35. The van der Waals surface area contributed by atoms with E-state index in [0.717, 1.165) is 11.3 Å². The molecule has 3 N–H and O–H groups in total. The Morgan fingerprint density at radius 1 is 1.12 bits per heavy atom.